The van der Waals surface area contributed by atoms with E-state index in [1.165, 1.54) is 0 Å². The van der Waals surface area contributed by atoms with E-state index in [9.17, 15) is 4.79 Å². The molecule has 0 N–H and O–H groups in total. The second-order valence-electron chi connectivity index (χ2n) is 2.87. The van der Waals surface area contributed by atoms with Gasteiger partial charge in [-0.3, -0.25) is 4.79 Å². The first kappa shape index (κ1) is 9.39. The Balaban J connectivity index is 2.51. The fraction of sp³-hybridized carbons (Fsp3) is 0.556. The molecule has 1 fully saturated rings. The second kappa shape index (κ2) is 4.36. The zero-order valence-electron chi connectivity index (χ0n) is 7.08. The average molecular weight is 183 g/mol. The molecule has 1 heterocycles. The summed E-state index contributed by atoms with van der Waals surface area (Å²) in [5.74, 6) is 0.174. The number of amides is 1. The topological polar surface area (TPSA) is 20.3 Å². The molecule has 0 unspecified atom stereocenters. The minimum Gasteiger partial charge on any atom is -0.306 e. The lowest BCUT2D eigenvalue weighted by atomic mass is 10.1. The summed E-state index contributed by atoms with van der Waals surface area (Å²) in [6.45, 7) is 4.32. The number of piperidine rings is 1. The van der Waals surface area contributed by atoms with Gasteiger partial charge in [0.05, 0.1) is 4.99 Å². The zero-order chi connectivity index (χ0) is 8.97. The summed E-state index contributed by atoms with van der Waals surface area (Å²) < 4.78 is 0. The van der Waals surface area contributed by atoms with Gasteiger partial charge in [-0.25, -0.2) is 0 Å². The van der Waals surface area contributed by atoms with Gasteiger partial charge in [0.1, 0.15) is 0 Å². The van der Waals surface area contributed by atoms with Crippen molar-refractivity contribution < 1.29 is 4.79 Å². The molecule has 2 nitrogen and oxygen atoms in total. The molecule has 1 saturated heterocycles. The van der Waals surface area contributed by atoms with Crippen molar-refractivity contribution in [1.29, 1.82) is 0 Å². The van der Waals surface area contributed by atoms with Gasteiger partial charge >= 0.3 is 0 Å². The summed E-state index contributed by atoms with van der Waals surface area (Å²) in [5, 5.41) is 0. The van der Waals surface area contributed by atoms with Crippen LogP contribution in [0.1, 0.15) is 25.7 Å². The molecule has 0 atom stereocenters. The molecule has 0 aromatic rings. The van der Waals surface area contributed by atoms with E-state index >= 15 is 0 Å². The van der Waals surface area contributed by atoms with Crippen LogP contribution in [0, 0.1) is 0 Å². The van der Waals surface area contributed by atoms with E-state index in [0.29, 0.717) is 13.0 Å². The molecular weight excluding hydrogens is 170 g/mol. The van der Waals surface area contributed by atoms with Crippen LogP contribution in [-0.4, -0.2) is 22.3 Å². The van der Waals surface area contributed by atoms with E-state index in [1.807, 2.05) is 6.08 Å². The van der Waals surface area contributed by atoms with E-state index in [0.717, 1.165) is 24.3 Å². The van der Waals surface area contributed by atoms with Crippen molar-refractivity contribution in [1.82, 2.24) is 4.90 Å². The van der Waals surface area contributed by atoms with Crippen LogP contribution in [0.15, 0.2) is 12.7 Å². The van der Waals surface area contributed by atoms with Gasteiger partial charge in [0.15, 0.2) is 0 Å². The number of likely N-dealkylation sites (tertiary alicyclic amines) is 1. The van der Waals surface area contributed by atoms with Gasteiger partial charge in [-0.15, -0.1) is 6.58 Å². The van der Waals surface area contributed by atoms with E-state index < -0.39 is 0 Å². The normalized spacial score (nSPS) is 18.2. The third kappa shape index (κ3) is 2.14. The molecule has 66 valence electrons. The molecule has 0 aromatic carbocycles. The van der Waals surface area contributed by atoms with Crippen molar-refractivity contribution in [3.05, 3.63) is 12.7 Å². The van der Waals surface area contributed by atoms with E-state index in [4.69, 9.17) is 12.2 Å². The van der Waals surface area contributed by atoms with Gasteiger partial charge in [0.2, 0.25) is 5.91 Å². The first-order chi connectivity index (χ1) is 5.75. The summed E-state index contributed by atoms with van der Waals surface area (Å²) >= 11 is 5.09. The Kier molecular flexibility index (Phi) is 3.41. The van der Waals surface area contributed by atoms with Gasteiger partial charge in [0, 0.05) is 13.0 Å². The minimum absolute atomic E-state index is 0.174. The highest BCUT2D eigenvalue weighted by molar-refractivity contribution is 7.80. The standard InChI is InChI=1S/C9H13NOS/c1-2-3-7-10-8(11)5-4-6-9(10)12/h2H,1,3-7H2. The number of nitrogens with zero attached hydrogens (tertiary/aromatic N) is 1. The van der Waals surface area contributed by atoms with Crippen molar-refractivity contribution in [2.45, 2.75) is 25.7 Å². The molecule has 3 heteroatoms. The molecular formula is C9H13NOS. The molecule has 1 amide bonds. The Hall–Kier alpha value is -0.700. The summed E-state index contributed by atoms with van der Waals surface area (Å²) in [6, 6.07) is 0. The SMILES string of the molecule is C=CCCN1C(=O)CCCC1=S. The van der Waals surface area contributed by atoms with Crippen LogP contribution in [0.2, 0.25) is 0 Å². The van der Waals surface area contributed by atoms with Crippen LogP contribution < -0.4 is 0 Å². The van der Waals surface area contributed by atoms with Gasteiger partial charge in [-0.05, 0) is 19.3 Å². The molecule has 1 aliphatic rings. The molecule has 12 heavy (non-hydrogen) atoms. The number of thiocarbonyl (C=S) groups is 1. The van der Waals surface area contributed by atoms with Crippen LogP contribution in [-0.2, 0) is 4.79 Å². The molecule has 1 aliphatic heterocycles. The van der Waals surface area contributed by atoms with Crippen LogP contribution in [0.4, 0.5) is 0 Å². The predicted octanol–water partition coefficient (Wildman–Crippen LogP) is 1.90. The van der Waals surface area contributed by atoms with Crippen molar-refractivity contribution in [3.8, 4) is 0 Å². The second-order valence-corrected chi connectivity index (χ2v) is 3.34. The Morgan fingerprint density at radius 2 is 2.33 bits per heavy atom. The van der Waals surface area contributed by atoms with Crippen LogP contribution in [0.5, 0.6) is 0 Å². The summed E-state index contributed by atoms with van der Waals surface area (Å²) in [5.41, 5.74) is 0. The molecule has 0 radical (unpaired) electrons. The van der Waals surface area contributed by atoms with Gasteiger partial charge in [-0.2, -0.15) is 0 Å². The monoisotopic (exact) mass is 183 g/mol. The van der Waals surface area contributed by atoms with Crippen LogP contribution >= 0.6 is 12.2 Å². The number of hydrogen-bond donors (Lipinski definition) is 0. The van der Waals surface area contributed by atoms with Crippen LogP contribution in [0.25, 0.3) is 0 Å². The molecule has 0 aromatic heterocycles. The fourth-order valence-corrected chi connectivity index (χ4v) is 1.61. The summed E-state index contributed by atoms with van der Waals surface area (Å²) in [4.78, 5) is 13.8. The number of carbonyl (C=O) groups is 1. The molecule has 0 aliphatic carbocycles. The molecule has 0 saturated carbocycles. The molecule has 0 spiro atoms. The highest BCUT2D eigenvalue weighted by atomic mass is 32.1. The molecule has 0 bridgehead atoms. The van der Waals surface area contributed by atoms with Crippen LogP contribution in [0.3, 0.4) is 0 Å². The Bertz CT molecular complexity index is 197. The number of rotatable bonds is 3. The quantitative estimate of drug-likeness (QED) is 0.492. The zero-order valence-corrected chi connectivity index (χ0v) is 7.90. The van der Waals surface area contributed by atoms with Gasteiger partial charge in [0.25, 0.3) is 0 Å². The van der Waals surface area contributed by atoms with E-state index in [2.05, 4.69) is 6.58 Å². The largest absolute Gasteiger partial charge is 0.306 e. The lowest BCUT2D eigenvalue weighted by Gasteiger charge is -2.26. The van der Waals surface area contributed by atoms with Crippen molar-refractivity contribution in [3.63, 3.8) is 0 Å². The van der Waals surface area contributed by atoms with E-state index in [-0.39, 0.29) is 5.91 Å². The Morgan fingerprint density at radius 1 is 1.58 bits per heavy atom. The first-order valence-corrected chi connectivity index (χ1v) is 4.60. The van der Waals surface area contributed by atoms with Gasteiger partial charge < -0.3 is 4.90 Å². The maximum Gasteiger partial charge on any atom is 0.227 e. The third-order valence-corrected chi connectivity index (χ3v) is 2.36. The Labute approximate surface area is 78.2 Å². The van der Waals surface area contributed by atoms with Gasteiger partial charge in [-0.1, -0.05) is 18.3 Å². The Morgan fingerprint density at radius 3 is 2.92 bits per heavy atom. The lowest BCUT2D eigenvalue weighted by molar-refractivity contribution is -0.128. The van der Waals surface area contributed by atoms with Crippen molar-refractivity contribution in [2.75, 3.05) is 6.54 Å². The summed E-state index contributed by atoms with van der Waals surface area (Å²) in [7, 11) is 0. The first-order valence-electron chi connectivity index (χ1n) is 4.20. The summed E-state index contributed by atoms with van der Waals surface area (Å²) in [6.07, 6.45) is 5.09. The average Bonchev–Trinajstić information content (AvgIpc) is 2.04. The molecule has 1 rings (SSSR count). The maximum absolute atomic E-state index is 11.3. The highest BCUT2D eigenvalue weighted by Crippen LogP contribution is 2.13. The lowest BCUT2D eigenvalue weighted by Crippen LogP contribution is -2.39. The maximum atomic E-state index is 11.3. The number of hydrogen-bond acceptors (Lipinski definition) is 2. The predicted molar refractivity (Wildman–Crippen MR) is 53.0 cm³/mol. The third-order valence-electron chi connectivity index (χ3n) is 1.94. The van der Waals surface area contributed by atoms with Crippen molar-refractivity contribution in [2.24, 2.45) is 0 Å². The highest BCUT2D eigenvalue weighted by Gasteiger charge is 2.21. The van der Waals surface area contributed by atoms with Crippen molar-refractivity contribution >= 4 is 23.1 Å². The fourth-order valence-electron chi connectivity index (χ4n) is 1.27. The smallest absolute Gasteiger partial charge is 0.227 e. The number of carbonyl (C=O) groups excluding carboxylic acids is 1. The van der Waals surface area contributed by atoms with E-state index in [1.54, 1.807) is 4.90 Å². The minimum atomic E-state index is 0.174.